The van der Waals surface area contributed by atoms with E-state index in [9.17, 15) is 0 Å². The van der Waals surface area contributed by atoms with Crippen molar-refractivity contribution in [1.82, 2.24) is 9.97 Å². The largest absolute Gasteiger partial charge is 0.464 e. The summed E-state index contributed by atoms with van der Waals surface area (Å²) in [6.07, 6.45) is 7.32. The number of ether oxygens (including phenoxy) is 1. The number of benzene rings is 1. The van der Waals surface area contributed by atoms with Gasteiger partial charge >= 0.3 is 6.01 Å². The molecule has 0 aliphatic rings. The summed E-state index contributed by atoms with van der Waals surface area (Å²) in [6, 6.07) is 10.8. The van der Waals surface area contributed by atoms with E-state index in [0.29, 0.717) is 19.0 Å². The zero-order valence-corrected chi connectivity index (χ0v) is 13.5. The van der Waals surface area contributed by atoms with Crippen molar-refractivity contribution in [2.45, 2.75) is 32.6 Å². The number of nitriles is 1. The average Bonchev–Trinajstić information content (AvgIpc) is 2.59. The number of hydrogen-bond donors (Lipinski definition) is 1. The molecule has 0 fully saturated rings. The first-order valence-electron chi connectivity index (χ1n) is 7.99. The summed E-state index contributed by atoms with van der Waals surface area (Å²) in [5, 5.41) is 11.9. The molecule has 2 aromatic rings. The monoisotopic (exact) mass is 310 g/mol. The molecule has 0 amide bonds. The van der Waals surface area contributed by atoms with E-state index in [-0.39, 0.29) is 0 Å². The number of anilines is 1. The summed E-state index contributed by atoms with van der Waals surface area (Å²) < 4.78 is 5.26. The zero-order chi connectivity index (χ0) is 16.3. The van der Waals surface area contributed by atoms with Gasteiger partial charge in [-0.15, -0.1) is 0 Å². The molecule has 0 unspecified atom stereocenters. The second-order valence-electron chi connectivity index (χ2n) is 5.16. The molecule has 0 saturated carbocycles. The van der Waals surface area contributed by atoms with Crippen molar-refractivity contribution in [1.29, 1.82) is 5.26 Å². The van der Waals surface area contributed by atoms with Gasteiger partial charge in [0.1, 0.15) is 0 Å². The van der Waals surface area contributed by atoms with Crippen LogP contribution in [0.1, 0.15) is 32.6 Å². The lowest BCUT2D eigenvalue weighted by Crippen LogP contribution is -2.01. The molecule has 0 bridgehead atoms. The molecule has 2 rings (SSSR count). The summed E-state index contributed by atoms with van der Waals surface area (Å²) in [7, 11) is 0. The molecule has 0 saturated heterocycles. The maximum atomic E-state index is 8.50. The minimum Gasteiger partial charge on any atom is -0.464 e. The smallest absolute Gasteiger partial charge is 0.316 e. The molecule has 5 nitrogen and oxygen atoms in total. The molecule has 120 valence electrons. The SMILES string of the molecule is CCOc1ncc(-c2cccc(NCCCCCC#N)c2)cn1. The van der Waals surface area contributed by atoms with Gasteiger partial charge in [0.15, 0.2) is 0 Å². The quantitative estimate of drug-likeness (QED) is 0.708. The lowest BCUT2D eigenvalue weighted by molar-refractivity contribution is 0.312. The van der Waals surface area contributed by atoms with Crippen LogP contribution in [-0.2, 0) is 0 Å². The molecule has 1 heterocycles. The van der Waals surface area contributed by atoms with Crippen molar-refractivity contribution < 1.29 is 4.74 Å². The van der Waals surface area contributed by atoms with Crippen LogP contribution in [-0.4, -0.2) is 23.1 Å². The van der Waals surface area contributed by atoms with Gasteiger partial charge in [0, 0.05) is 36.6 Å². The van der Waals surface area contributed by atoms with Crippen LogP contribution in [0.15, 0.2) is 36.7 Å². The third-order valence-electron chi connectivity index (χ3n) is 3.39. The third kappa shape index (κ3) is 5.59. The predicted molar refractivity (Wildman–Crippen MR) is 91.2 cm³/mol. The number of aromatic nitrogens is 2. The third-order valence-corrected chi connectivity index (χ3v) is 3.39. The van der Waals surface area contributed by atoms with E-state index in [0.717, 1.165) is 42.6 Å². The van der Waals surface area contributed by atoms with Gasteiger partial charge in [-0.1, -0.05) is 18.6 Å². The molecule has 5 heteroatoms. The Hall–Kier alpha value is -2.61. The first kappa shape index (κ1) is 16.8. The molecule has 23 heavy (non-hydrogen) atoms. The Balaban J connectivity index is 1.90. The van der Waals surface area contributed by atoms with E-state index in [2.05, 4.69) is 27.4 Å². The van der Waals surface area contributed by atoms with Gasteiger partial charge in [-0.3, -0.25) is 0 Å². The molecule has 1 aromatic carbocycles. The number of unbranched alkanes of at least 4 members (excludes halogenated alkanes) is 3. The van der Waals surface area contributed by atoms with E-state index in [1.54, 1.807) is 12.4 Å². The van der Waals surface area contributed by atoms with Crippen LogP contribution in [0.25, 0.3) is 11.1 Å². The molecule has 0 radical (unpaired) electrons. The molecule has 0 spiro atoms. The van der Waals surface area contributed by atoms with Crippen LogP contribution in [0.4, 0.5) is 5.69 Å². The predicted octanol–water partition coefficient (Wildman–Crippen LogP) is 4.04. The lowest BCUT2D eigenvalue weighted by Gasteiger charge is -2.08. The second kappa shape index (κ2) is 9.42. The number of rotatable bonds is 9. The first-order valence-corrected chi connectivity index (χ1v) is 7.99. The van der Waals surface area contributed by atoms with Crippen molar-refractivity contribution in [3.8, 4) is 23.2 Å². The number of hydrogen-bond acceptors (Lipinski definition) is 5. The standard InChI is InChI=1S/C18H22N4O/c1-2-23-18-21-13-16(14-22-18)15-8-7-9-17(12-15)20-11-6-4-3-5-10-19/h7-9,12-14,20H,2-6,11H2,1H3. The van der Waals surface area contributed by atoms with Crippen LogP contribution >= 0.6 is 0 Å². The van der Waals surface area contributed by atoms with Gasteiger partial charge in [-0.05, 0) is 37.5 Å². The molecule has 0 atom stereocenters. The van der Waals surface area contributed by atoms with Crippen molar-refractivity contribution in [2.75, 3.05) is 18.5 Å². The molecule has 0 aliphatic carbocycles. The van der Waals surface area contributed by atoms with E-state index in [4.69, 9.17) is 10.00 Å². The highest BCUT2D eigenvalue weighted by Crippen LogP contribution is 2.22. The maximum absolute atomic E-state index is 8.50. The molecular weight excluding hydrogens is 288 g/mol. The molecule has 1 N–H and O–H groups in total. The average molecular weight is 310 g/mol. The van der Waals surface area contributed by atoms with E-state index in [1.165, 1.54) is 0 Å². The minimum atomic E-state index is 0.405. The van der Waals surface area contributed by atoms with Crippen molar-refractivity contribution >= 4 is 5.69 Å². The summed E-state index contributed by atoms with van der Waals surface area (Å²) in [4.78, 5) is 8.40. The van der Waals surface area contributed by atoms with Crippen LogP contribution in [0.5, 0.6) is 6.01 Å². The van der Waals surface area contributed by atoms with E-state index >= 15 is 0 Å². The molecule has 0 aliphatic heterocycles. The minimum absolute atomic E-state index is 0.405. The van der Waals surface area contributed by atoms with Crippen molar-refractivity contribution in [3.05, 3.63) is 36.7 Å². The lowest BCUT2D eigenvalue weighted by atomic mass is 10.1. The van der Waals surface area contributed by atoms with Gasteiger partial charge < -0.3 is 10.1 Å². The Kier molecular flexibility index (Phi) is 6.86. The Morgan fingerprint density at radius 1 is 1.13 bits per heavy atom. The van der Waals surface area contributed by atoms with E-state index in [1.807, 2.05) is 25.1 Å². The first-order chi connectivity index (χ1) is 11.3. The van der Waals surface area contributed by atoms with Crippen LogP contribution in [0.2, 0.25) is 0 Å². The highest BCUT2D eigenvalue weighted by Gasteiger charge is 2.02. The van der Waals surface area contributed by atoms with Crippen LogP contribution < -0.4 is 10.1 Å². The fourth-order valence-corrected chi connectivity index (χ4v) is 2.22. The fraction of sp³-hybridized carbons (Fsp3) is 0.389. The normalized spacial score (nSPS) is 10.1. The number of nitrogens with zero attached hydrogens (tertiary/aromatic N) is 3. The molecule has 1 aromatic heterocycles. The summed E-state index contributed by atoms with van der Waals surface area (Å²) >= 11 is 0. The highest BCUT2D eigenvalue weighted by atomic mass is 16.5. The van der Waals surface area contributed by atoms with Crippen molar-refractivity contribution in [3.63, 3.8) is 0 Å². The number of nitrogens with one attached hydrogen (secondary N) is 1. The van der Waals surface area contributed by atoms with Gasteiger partial charge in [0.2, 0.25) is 0 Å². The fourth-order valence-electron chi connectivity index (χ4n) is 2.22. The maximum Gasteiger partial charge on any atom is 0.316 e. The zero-order valence-electron chi connectivity index (χ0n) is 13.5. The topological polar surface area (TPSA) is 70.8 Å². The Labute approximate surface area is 137 Å². The Morgan fingerprint density at radius 3 is 2.70 bits per heavy atom. The summed E-state index contributed by atoms with van der Waals surface area (Å²) in [6.45, 7) is 3.38. The van der Waals surface area contributed by atoms with Gasteiger partial charge in [0.25, 0.3) is 0 Å². The van der Waals surface area contributed by atoms with E-state index < -0.39 is 0 Å². The Morgan fingerprint density at radius 2 is 1.96 bits per heavy atom. The summed E-state index contributed by atoms with van der Waals surface area (Å²) in [5.41, 5.74) is 3.12. The van der Waals surface area contributed by atoms with Crippen LogP contribution in [0, 0.1) is 11.3 Å². The van der Waals surface area contributed by atoms with Gasteiger partial charge in [-0.25, -0.2) is 9.97 Å². The highest BCUT2D eigenvalue weighted by molar-refractivity contribution is 5.66. The van der Waals surface area contributed by atoms with Gasteiger partial charge in [0.05, 0.1) is 12.7 Å². The van der Waals surface area contributed by atoms with Crippen molar-refractivity contribution in [2.24, 2.45) is 0 Å². The second-order valence-corrected chi connectivity index (χ2v) is 5.16. The van der Waals surface area contributed by atoms with Gasteiger partial charge in [-0.2, -0.15) is 5.26 Å². The Bertz CT molecular complexity index is 634. The van der Waals surface area contributed by atoms with Crippen LogP contribution in [0.3, 0.4) is 0 Å². The molecular formula is C18H22N4O. The summed E-state index contributed by atoms with van der Waals surface area (Å²) in [5.74, 6) is 0.